The fourth-order valence-electron chi connectivity index (χ4n) is 2.65. The van der Waals surface area contributed by atoms with Crippen LogP contribution in [-0.2, 0) is 13.0 Å². The van der Waals surface area contributed by atoms with E-state index in [2.05, 4.69) is 51.3 Å². The summed E-state index contributed by atoms with van der Waals surface area (Å²) in [5, 5.41) is 11.7. The first-order valence-electron chi connectivity index (χ1n) is 7.01. The molecular formula is C16H15N3OS. The normalized spacial score (nSPS) is 14.1. The van der Waals surface area contributed by atoms with Crippen molar-refractivity contribution in [1.82, 2.24) is 15.5 Å². The number of nitrogens with one attached hydrogen (secondary N) is 1. The Morgan fingerprint density at radius 1 is 1.24 bits per heavy atom. The molecule has 1 N–H and O–H groups in total. The van der Waals surface area contributed by atoms with Crippen molar-refractivity contribution in [2.24, 2.45) is 0 Å². The van der Waals surface area contributed by atoms with Crippen LogP contribution < -0.4 is 5.32 Å². The van der Waals surface area contributed by atoms with Crippen molar-refractivity contribution < 1.29 is 4.52 Å². The van der Waals surface area contributed by atoms with Gasteiger partial charge < -0.3 is 9.84 Å². The van der Waals surface area contributed by atoms with Gasteiger partial charge in [0.2, 0.25) is 5.82 Å². The highest BCUT2D eigenvalue weighted by Crippen LogP contribution is 2.28. The van der Waals surface area contributed by atoms with E-state index in [1.54, 1.807) is 11.3 Å². The molecule has 0 fully saturated rings. The molecule has 0 radical (unpaired) electrons. The van der Waals surface area contributed by atoms with E-state index in [9.17, 15) is 0 Å². The monoisotopic (exact) mass is 297 g/mol. The molecule has 1 aliphatic rings. The Labute approximate surface area is 126 Å². The van der Waals surface area contributed by atoms with E-state index >= 15 is 0 Å². The smallest absolute Gasteiger partial charge is 0.258 e. The van der Waals surface area contributed by atoms with E-state index < -0.39 is 0 Å². The molecule has 106 valence electrons. The van der Waals surface area contributed by atoms with Crippen molar-refractivity contribution in [3.63, 3.8) is 0 Å². The topological polar surface area (TPSA) is 51.0 Å². The van der Waals surface area contributed by atoms with Crippen molar-refractivity contribution in [2.75, 3.05) is 6.54 Å². The molecule has 21 heavy (non-hydrogen) atoms. The molecule has 0 spiro atoms. The van der Waals surface area contributed by atoms with Gasteiger partial charge in [0, 0.05) is 23.1 Å². The van der Waals surface area contributed by atoms with Gasteiger partial charge in [0.05, 0.1) is 0 Å². The molecule has 3 aromatic rings. The van der Waals surface area contributed by atoms with Crippen LogP contribution in [0.3, 0.4) is 0 Å². The minimum atomic E-state index is 0.587. The van der Waals surface area contributed by atoms with Crippen molar-refractivity contribution in [3.05, 3.63) is 45.6 Å². The Bertz CT molecular complexity index is 790. The predicted molar refractivity (Wildman–Crippen MR) is 83.2 cm³/mol. The molecular weight excluding hydrogens is 282 g/mol. The van der Waals surface area contributed by atoms with Crippen LogP contribution in [-0.4, -0.2) is 16.7 Å². The van der Waals surface area contributed by atoms with Crippen LogP contribution in [0.1, 0.15) is 16.7 Å². The van der Waals surface area contributed by atoms with Gasteiger partial charge in [-0.25, -0.2) is 0 Å². The quantitative estimate of drug-likeness (QED) is 0.787. The van der Waals surface area contributed by atoms with Crippen LogP contribution in [0.5, 0.6) is 0 Å². The molecule has 2 aromatic heterocycles. The highest BCUT2D eigenvalue weighted by atomic mass is 32.1. The van der Waals surface area contributed by atoms with E-state index in [1.165, 1.54) is 16.7 Å². The van der Waals surface area contributed by atoms with Crippen LogP contribution in [0, 0.1) is 6.92 Å². The van der Waals surface area contributed by atoms with Crippen LogP contribution >= 0.6 is 11.3 Å². The summed E-state index contributed by atoms with van der Waals surface area (Å²) in [4.78, 5) is 4.54. The zero-order chi connectivity index (χ0) is 14.2. The number of aromatic nitrogens is 2. The molecule has 1 aliphatic heterocycles. The maximum absolute atomic E-state index is 5.44. The van der Waals surface area contributed by atoms with E-state index in [0.717, 1.165) is 30.6 Å². The Balaban J connectivity index is 1.71. The average Bonchev–Trinajstić information content (AvgIpc) is 3.15. The fourth-order valence-corrected chi connectivity index (χ4v) is 3.48. The predicted octanol–water partition coefficient (Wildman–Crippen LogP) is 3.42. The van der Waals surface area contributed by atoms with E-state index in [0.29, 0.717) is 11.7 Å². The Kier molecular flexibility index (Phi) is 3.09. The van der Waals surface area contributed by atoms with Gasteiger partial charge in [-0.3, -0.25) is 0 Å². The molecule has 5 heteroatoms. The molecule has 4 nitrogen and oxygen atoms in total. The third kappa shape index (κ3) is 2.28. The largest absolute Gasteiger partial charge is 0.334 e. The Morgan fingerprint density at radius 2 is 2.19 bits per heavy atom. The maximum atomic E-state index is 5.44. The molecule has 0 amide bonds. The van der Waals surface area contributed by atoms with Crippen molar-refractivity contribution in [1.29, 1.82) is 0 Å². The van der Waals surface area contributed by atoms with Gasteiger partial charge in [-0.1, -0.05) is 11.2 Å². The number of fused-ring (bicyclic) bond motifs is 1. The van der Waals surface area contributed by atoms with Gasteiger partial charge in [0.1, 0.15) is 0 Å². The lowest BCUT2D eigenvalue weighted by atomic mass is 9.98. The lowest BCUT2D eigenvalue weighted by Crippen LogP contribution is -2.23. The number of benzene rings is 1. The van der Waals surface area contributed by atoms with Gasteiger partial charge in [-0.05, 0) is 54.1 Å². The maximum Gasteiger partial charge on any atom is 0.258 e. The Morgan fingerprint density at radius 3 is 3.05 bits per heavy atom. The van der Waals surface area contributed by atoms with Crippen LogP contribution in [0.4, 0.5) is 0 Å². The summed E-state index contributed by atoms with van der Waals surface area (Å²) in [6, 6.07) is 6.40. The van der Waals surface area contributed by atoms with Crippen LogP contribution in [0.25, 0.3) is 22.8 Å². The number of rotatable bonds is 2. The standard InChI is InChI=1S/C16H15N3OS/c1-10-8-21-9-14(10)15-18-16(20-19-15)12-3-2-11-4-5-17-7-13(11)6-12/h2-3,6,8-9,17H,4-5,7H2,1H3. The summed E-state index contributed by atoms with van der Waals surface area (Å²) in [5.41, 5.74) is 5.96. The average molecular weight is 297 g/mol. The summed E-state index contributed by atoms with van der Waals surface area (Å²) in [7, 11) is 0. The van der Waals surface area contributed by atoms with Crippen molar-refractivity contribution >= 4 is 11.3 Å². The van der Waals surface area contributed by atoms with E-state index in [1.807, 2.05) is 0 Å². The number of hydrogen-bond donors (Lipinski definition) is 1. The third-order valence-electron chi connectivity index (χ3n) is 3.86. The molecule has 4 rings (SSSR count). The minimum Gasteiger partial charge on any atom is -0.334 e. The summed E-state index contributed by atoms with van der Waals surface area (Å²) in [5.74, 6) is 1.25. The Hall–Kier alpha value is -1.98. The van der Waals surface area contributed by atoms with Crippen LogP contribution in [0.2, 0.25) is 0 Å². The number of aryl methyl sites for hydroxylation is 1. The zero-order valence-electron chi connectivity index (χ0n) is 11.7. The number of thiophene rings is 1. The summed E-state index contributed by atoms with van der Waals surface area (Å²) in [6.45, 7) is 4.02. The van der Waals surface area contributed by atoms with Gasteiger partial charge in [0.15, 0.2) is 0 Å². The molecule has 0 aliphatic carbocycles. The van der Waals surface area contributed by atoms with Crippen LogP contribution in [0.15, 0.2) is 33.5 Å². The first kappa shape index (κ1) is 12.7. The SMILES string of the molecule is Cc1cscc1-c1noc(-c2ccc3c(c2)CNCC3)n1. The van der Waals surface area contributed by atoms with E-state index in [4.69, 9.17) is 4.52 Å². The second-order valence-electron chi connectivity index (χ2n) is 5.30. The highest BCUT2D eigenvalue weighted by molar-refractivity contribution is 7.08. The first-order valence-corrected chi connectivity index (χ1v) is 7.95. The lowest BCUT2D eigenvalue weighted by molar-refractivity contribution is 0.432. The van der Waals surface area contributed by atoms with Gasteiger partial charge in [-0.2, -0.15) is 16.3 Å². The third-order valence-corrected chi connectivity index (χ3v) is 4.72. The lowest BCUT2D eigenvalue weighted by Gasteiger charge is -2.16. The molecule has 0 saturated heterocycles. The van der Waals surface area contributed by atoms with E-state index in [-0.39, 0.29) is 0 Å². The van der Waals surface area contributed by atoms with Gasteiger partial charge in [-0.15, -0.1) is 0 Å². The fraction of sp³-hybridized carbons (Fsp3) is 0.250. The zero-order valence-corrected chi connectivity index (χ0v) is 12.5. The summed E-state index contributed by atoms with van der Waals surface area (Å²) < 4.78 is 5.44. The van der Waals surface area contributed by atoms with Crippen molar-refractivity contribution in [2.45, 2.75) is 19.9 Å². The number of hydrogen-bond acceptors (Lipinski definition) is 5. The highest BCUT2D eigenvalue weighted by Gasteiger charge is 2.15. The summed E-state index contributed by atoms with van der Waals surface area (Å²) >= 11 is 1.65. The molecule has 1 aromatic carbocycles. The molecule has 3 heterocycles. The van der Waals surface area contributed by atoms with Crippen molar-refractivity contribution in [3.8, 4) is 22.8 Å². The second kappa shape index (κ2) is 5.09. The molecule has 0 atom stereocenters. The first-order chi connectivity index (χ1) is 10.3. The molecule has 0 saturated carbocycles. The van der Waals surface area contributed by atoms with Gasteiger partial charge >= 0.3 is 0 Å². The summed E-state index contributed by atoms with van der Waals surface area (Å²) in [6.07, 6.45) is 1.08. The minimum absolute atomic E-state index is 0.587. The molecule has 0 bridgehead atoms. The van der Waals surface area contributed by atoms with Gasteiger partial charge in [0.25, 0.3) is 5.89 Å². The number of nitrogens with zero attached hydrogens (tertiary/aromatic N) is 2. The second-order valence-corrected chi connectivity index (χ2v) is 6.05. The molecule has 0 unspecified atom stereocenters.